The van der Waals surface area contributed by atoms with Crippen molar-refractivity contribution in [3.63, 3.8) is 0 Å². The number of halogens is 3. The first-order valence-electron chi connectivity index (χ1n) is 7.18. The van der Waals surface area contributed by atoms with E-state index in [1.807, 2.05) is 12.1 Å². The molecule has 3 rings (SSSR count). The summed E-state index contributed by atoms with van der Waals surface area (Å²) in [6.07, 6.45) is -0.712. The third kappa shape index (κ3) is 3.32. The maximum Gasteiger partial charge on any atom is 0.165 e. The molecule has 122 valence electrons. The lowest BCUT2D eigenvalue weighted by Crippen LogP contribution is -2.33. The summed E-state index contributed by atoms with van der Waals surface area (Å²) >= 11 is 7.25. The molecule has 0 saturated carbocycles. The summed E-state index contributed by atoms with van der Waals surface area (Å²) in [6, 6.07) is 9.27. The summed E-state index contributed by atoms with van der Waals surface area (Å²) < 4.78 is 33.7. The minimum atomic E-state index is -0.712. The Bertz CT molecular complexity index is 706. The summed E-state index contributed by atoms with van der Waals surface area (Å²) in [7, 11) is 0. The van der Waals surface area contributed by atoms with Gasteiger partial charge in [-0.25, -0.2) is 8.78 Å². The Kier molecular flexibility index (Phi) is 4.80. The summed E-state index contributed by atoms with van der Waals surface area (Å²) in [4.78, 5) is 0.863. The largest absolute Gasteiger partial charge is 0.490 e. The molecule has 3 atom stereocenters. The Hall–Kier alpha value is -1.30. The van der Waals surface area contributed by atoms with Gasteiger partial charge in [-0.3, -0.25) is 0 Å². The van der Waals surface area contributed by atoms with E-state index in [-0.39, 0.29) is 23.8 Å². The van der Waals surface area contributed by atoms with Crippen molar-refractivity contribution < 1.29 is 18.6 Å². The first-order valence-corrected chi connectivity index (χ1v) is 8.44. The lowest BCUT2D eigenvalue weighted by atomic mass is 9.91. The van der Waals surface area contributed by atoms with Gasteiger partial charge in [0.05, 0.1) is 12.7 Å². The highest BCUT2D eigenvalue weighted by atomic mass is 35.5. The molecule has 0 saturated heterocycles. The molecule has 0 radical (unpaired) electrons. The van der Waals surface area contributed by atoms with Crippen molar-refractivity contribution in [3.05, 3.63) is 58.6 Å². The van der Waals surface area contributed by atoms with Crippen molar-refractivity contribution in [1.82, 2.24) is 0 Å². The molecule has 2 aromatic rings. The number of aliphatic hydroxyl groups excluding tert-OH is 1. The zero-order valence-electron chi connectivity index (χ0n) is 12.3. The van der Waals surface area contributed by atoms with Crippen molar-refractivity contribution >= 4 is 23.4 Å². The molecule has 0 amide bonds. The molecule has 1 aliphatic heterocycles. The van der Waals surface area contributed by atoms with Crippen molar-refractivity contribution in [2.75, 3.05) is 6.61 Å². The second-order valence-corrected chi connectivity index (χ2v) is 7.13. The lowest BCUT2D eigenvalue weighted by Gasteiger charge is -2.35. The van der Waals surface area contributed by atoms with Crippen LogP contribution in [0.15, 0.2) is 41.3 Å². The van der Waals surface area contributed by atoms with Crippen LogP contribution in [-0.2, 0) is 0 Å². The van der Waals surface area contributed by atoms with Crippen LogP contribution in [0.5, 0.6) is 5.75 Å². The van der Waals surface area contributed by atoms with E-state index in [2.05, 4.69) is 0 Å². The highest BCUT2D eigenvalue weighted by molar-refractivity contribution is 7.99. The Morgan fingerprint density at radius 3 is 2.48 bits per heavy atom. The highest BCUT2D eigenvalue weighted by Crippen LogP contribution is 2.50. The van der Waals surface area contributed by atoms with E-state index in [1.54, 1.807) is 19.1 Å². The number of rotatable bonds is 3. The zero-order chi connectivity index (χ0) is 16.6. The molecule has 6 heteroatoms. The fraction of sp³-hybridized carbons (Fsp3) is 0.294. The van der Waals surface area contributed by atoms with Crippen LogP contribution in [0, 0.1) is 17.6 Å². The number of hydrogen-bond donors (Lipinski definition) is 1. The Labute approximate surface area is 142 Å². The maximum absolute atomic E-state index is 14.3. The van der Waals surface area contributed by atoms with Crippen LogP contribution >= 0.6 is 23.4 Å². The maximum atomic E-state index is 14.3. The van der Waals surface area contributed by atoms with Gasteiger partial charge < -0.3 is 9.84 Å². The second kappa shape index (κ2) is 6.67. The van der Waals surface area contributed by atoms with Gasteiger partial charge in [0.1, 0.15) is 5.82 Å². The normalized spacial score (nSPS) is 21.4. The van der Waals surface area contributed by atoms with Gasteiger partial charge in [0.2, 0.25) is 0 Å². The van der Waals surface area contributed by atoms with Gasteiger partial charge in [0.15, 0.2) is 11.6 Å². The third-order valence-corrected chi connectivity index (χ3v) is 5.52. The number of fused-ring (bicyclic) bond motifs is 1. The number of ether oxygens (including phenoxy) is 1. The van der Waals surface area contributed by atoms with E-state index in [0.29, 0.717) is 5.02 Å². The van der Waals surface area contributed by atoms with Gasteiger partial charge >= 0.3 is 0 Å². The molecule has 1 heterocycles. The SMILES string of the molecule is C[C@H](O)[C@H]1COc2c(F)ccc(F)c2[C@@H]1Sc1ccc(Cl)cc1. The van der Waals surface area contributed by atoms with Gasteiger partial charge in [-0.1, -0.05) is 11.6 Å². The molecule has 2 nitrogen and oxygen atoms in total. The molecule has 0 unspecified atom stereocenters. The molecule has 0 bridgehead atoms. The minimum Gasteiger partial charge on any atom is -0.490 e. The first-order chi connectivity index (χ1) is 11.0. The molecule has 23 heavy (non-hydrogen) atoms. The van der Waals surface area contributed by atoms with Crippen LogP contribution in [0.1, 0.15) is 17.7 Å². The van der Waals surface area contributed by atoms with E-state index in [1.165, 1.54) is 11.8 Å². The first kappa shape index (κ1) is 16.6. The Morgan fingerprint density at radius 2 is 1.83 bits per heavy atom. The fourth-order valence-corrected chi connectivity index (χ4v) is 4.17. The molecule has 0 spiro atoms. The summed E-state index contributed by atoms with van der Waals surface area (Å²) in [5, 5.41) is 10.2. The number of hydrogen-bond acceptors (Lipinski definition) is 3. The number of benzene rings is 2. The van der Waals surface area contributed by atoms with E-state index < -0.39 is 23.0 Å². The van der Waals surface area contributed by atoms with Gasteiger partial charge in [-0.2, -0.15) is 0 Å². The fourth-order valence-electron chi connectivity index (χ4n) is 2.64. The average molecular weight is 357 g/mol. The quantitative estimate of drug-likeness (QED) is 0.853. The summed E-state index contributed by atoms with van der Waals surface area (Å²) in [6.45, 7) is 1.77. The lowest BCUT2D eigenvalue weighted by molar-refractivity contribution is 0.0732. The molecule has 0 fully saturated rings. The van der Waals surface area contributed by atoms with E-state index in [4.69, 9.17) is 16.3 Å². The van der Waals surface area contributed by atoms with Crippen molar-refractivity contribution in [3.8, 4) is 5.75 Å². The molecule has 1 N–H and O–H groups in total. The topological polar surface area (TPSA) is 29.5 Å². The van der Waals surface area contributed by atoms with Crippen LogP contribution in [0.25, 0.3) is 0 Å². The minimum absolute atomic E-state index is 0.0617. The summed E-state index contributed by atoms with van der Waals surface area (Å²) in [5.74, 6) is -1.53. The van der Waals surface area contributed by atoms with Crippen LogP contribution in [0.3, 0.4) is 0 Å². The van der Waals surface area contributed by atoms with E-state index >= 15 is 0 Å². The predicted molar refractivity (Wildman–Crippen MR) is 87.1 cm³/mol. The molecule has 0 aliphatic carbocycles. The number of aliphatic hydroxyl groups is 1. The van der Waals surface area contributed by atoms with Gasteiger partial charge in [-0.15, -0.1) is 11.8 Å². The standard InChI is InChI=1S/C17H15ClF2O2S/c1-9(21)12-8-22-16-14(20)7-6-13(19)15(16)17(12)23-11-4-2-10(18)3-5-11/h2-7,9,12,17,21H,8H2,1H3/t9-,12+,17+/m0/s1. The smallest absolute Gasteiger partial charge is 0.165 e. The van der Waals surface area contributed by atoms with Crippen molar-refractivity contribution in [2.45, 2.75) is 23.2 Å². The van der Waals surface area contributed by atoms with E-state index in [0.717, 1.165) is 17.0 Å². The van der Waals surface area contributed by atoms with Crippen LogP contribution in [0.2, 0.25) is 5.02 Å². The van der Waals surface area contributed by atoms with Crippen LogP contribution in [-0.4, -0.2) is 17.8 Å². The highest BCUT2D eigenvalue weighted by Gasteiger charge is 2.38. The average Bonchev–Trinajstić information content (AvgIpc) is 2.53. The van der Waals surface area contributed by atoms with Crippen LogP contribution < -0.4 is 4.74 Å². The summed E-state index contributed by atoms with van der Waals surface area (Å²) in [5.41, 5.74) is 0.169. The Morgan fingerprint density at radius 1 is 1.17 bits per heavy atom. The molecule has 1 aliphatic rings. The van der Waals surface area contributed by atoms with Gasteiger partial charge in [0.25, 0.3) is 0 Å². The van der Waals surface area contributed by atoms with Crippen molar-refractivity contribution in [1.29, 1.82) is 0 Å². The second-order valence-electron chi connectivity index (χ2n) is 5.48. The van der Waals surface area contributed by atoms with Gasteiger partial charge in [-0.05, 0) is 43.3 Å². The monoisotopic (exact) mass is 356 g/mol. The molecular weight excluding hydrogens is 342 g/mol. The molecule has 2 aromatic carbocycles. The van der Waals surface area contributed by atoms with Crippen LogP contribution in [0.4, 0.5) is 8.78 Å². The number of thioether (sulfide) groups is 1. The van der Waals surface area contributed by atoms with E-state index in [9.17, 15) is 13.9 Å². The Balaban J connectivity index is 2.03. The van der Waals surface area contributed by atoms with Gasteiger partial charge in [0, 0.05) is 26.6 Å². The third-order valence-electron chi connectivity index (χ3n) is 3.88. The molecular formula is C17H15ClF2O2S. The zero-order valence-corrected chi connectivity index (χ0v) is 13.9. The predicted octanol–water partition coefficient (Wildman–Crippen LogP) is 4.84. The van der Waals surface area contributed by atoms with Crippen molar-refractivity contribution in [2.24, 2.45) is 5.92 Å². The molecule has 0 aromatic heterocycles.